The summed E-state index contributed by atoms with van der Waals surface area (Å²) in [5, 5.41) is 6.60. The van der Waals surface area contributed by atoms with E-state index in [2.05, 4.69) is 41.0 Å². The van der Waals surface area contributed by atoms with Gasteiger partial charge in [-0.2, -0.15) is 4.98 Å². The van der Waals surface area contributed by atoms with Crippen LogP contribution in [0.25, 0.3) is 11.0 Å². The first-order chi connectivity index (χ1) is 25.8. The molecule has 4 fully saturated rings. The van der Waals surface area contributed by atoms with Crippen LogP contribution < -0.4 is 20.4 Å². The highest BCUT2D eigenvalue weighted by molar-refractivity contribution is 6.01. The molecule has 4 aromatic rings. The topological polar surface area (TPSA) is 145 Å². The van der Waals surface area contributed by atoms with Crippen LogP contribution in [0.2, 0.25) is 0 Å². The predicted molar refractivity (Wildman–Crippen MR) is 208 cm³/mol. The molecule has 7 heterocycles. The van der Waals surface area contributed by atoms with E-state index in [9.17, 15) is 14.4 Å². The molecule has 2 N–H and O–H groups in total. The first-order valence-electron chi connectivity index (χ1n) is 19.1. The Morgan fingerprint density at radius 2 is 1.68 bits per heavy atom. The summed E-state index contributed by atoms with van der Waals surface area (Å²) in [6, 6.07) is 10.3. The number of amides is 3. The van der Waals surface area contributed by atoms with Crippen LogP contribution in [0.15, 0.2) is 48.9 Å². The molecule has 4 aromatic heterocycles. The number of carbonyl (C=O) groups is 3. The van der Waals surface area contributed by atoms with Crippen LogP contribution in [0.3, 0.4) is 0 Å². The molecule has 1 atom stereocenters. The van der Waals surface area contributed by atoms with Gasteiger partial charge in [-0.3, -0.25) is 24.6 Å². The van der Waals surface area contributed by atoms with Gasteiger partial charge in [0.25, 0.3) is 5.91 Å². The molecule has 0 aromatic carbocycles. The Hall–Kier alpha value is -5.11. The predicted octanol–water partition coefficient (Wildman–Crippen LogP) is 4.83. The van der Waals surface area contributed by atoms with Crippen LogP contribution in [0.1, 0.15) is 82.2 Å². The van der Waals surface area contributed by atoms with Crippen molar-refractivity contribution < 1.29 is 17.2 Å². The van der Waals surface area contributed by atoms with Gasteiger partial charge in [0.05, 0.1) is 17.8 Å². The summed E-state index contributed by atoms with van der Waals surface area (Å²) in [6.45, 7) is 7.04. The van der Waals surface area contributed by atoms with Crippen LogP contribution in [-0.2, 0) is 9.59 Å². The molecular weight excluding hydrogens is 671 g/mol. The average molecular weight is 724 g/mol. The number of rotatable bonds is 9. The maximum atomic E-state index is 13.1. The van der Waals surface area contributed by atoms with Gasteiger partial charge < -0.3 is 24.6 Å². The quantitative estimate of drug-likeness (QED) is 0.229. The molecule has 14 heteroatoms. The lowest BCUT2D eigenvalue weighted by molar-refractivity contribution is -0.134. The van der Waals surface area contributed by atoms with Crippen LogP contribution in [-0.4, -0.2) is 112 Å². The molecule has 282 valence electrons. The SMILES string of the molecule is CN(C)C(=O)c1cc2cnc(Nc3ccc(N4CCN(CC5CCN(c6ccc(C7CCC(=O)NC7=O)cn6)CC5)CC4)cn3)nc2n1C1CCCC1.[HH].[HH]. The molecule has 3 amide bonds. The maximum absolute atomic E-state index is 13.1. The maximum Gasteiger partial charge on any atom is 0.270 e. The lowest BCUT2D eigenvalue weighted by Gasteiger charge is -2.39. The van der Waals surface area contributed by atoms with E-state index < -0.39 is 0 Å². The third-order valence-corrected chi connectivity index (χ3v) is 11.5. The number of carbonyl (C=O) groups excluding carboxylic acids is 3. The Balaban J connectivity index is 0.00000257. The number of aromatic nitrogens is 5. The molecule has 14 nitrogen and oxygen atoms in total. The van der Waals surface area contributed by atoms with E-state index in [0.717, 1.165) is 112 Å². The zero-order valence-corrected chi connectivity index (χ0v) is 30.7. The van der Waals surface area contributed by atoms with Gasteiger partial charge in [-0.25, -0.2) is 15.0 Å². The molecule has 0 spiro atoms. The average Bonchev–Trinajstić information content (AvgIpc) is 3.84. The molecule has 4 aliphatic rings. The van der Waals surface area contributed by atoms with Crippen LogP contribution in [0.5, 0.6) is 0 Å². The van der Waals surface area contributed by atoms with Gasteiger partial charge in [0.2, 0.25) is 17.8 Å². The van der Waals surface area contributed by atoms with Crippen LogP contribution in [0.4, 0.5) is 23.3 Å². The van der Waals surface area contributed by atoms with Crippen LogP contribution >= 0.6 is 0 Å². The van der Waals surface area contributed by atoms with E-state index in [1.165, 1.54) is 0 Å². The fourth-order valence-electron chi connectivity index (χ4n) is 8.46. The summed E-state index contributed by atoms with van der Waals surface area (Å²) in [7, 11) is 3.57. The van der Waals surface area contributed by atoms with Crippen molar-refractivity contribution in [1.29, 1.82) is 0 Å². The Bertz CT molecular complexity index is 1950. The minimum Gasteiger partial charge on any atom is -0.368 e. The minimum absolute atomic E-state index is 0. The number of pyridine rings is 2. The zero-order valence-electron chi connectivity index (χ0n) is 30.7. The Kier molecular flexibility index (Phi) is 9.95. The van der Waals surface area contributed by atoms with Crippen LogP contribution in [0, 0.1) is 5.92 Å². The van der Waals surface area contributed by atoms with Gasteiger partial charge >= 0.3 is 0 Å². The summed E-state index contributed by atoms with van der Waals surface area (Å²) in [4.78, 5) is 64.6. The number of nitrogens with one attached hydrogen (secondary N) is 2. The molecule has 1 aliphatic carbocycles. The smallest absolute Gasteiger partial charge is 0.270 e. The second-order valence-electron chi connectivity index (χ2n) is 15.2. The first kappa shape index (κ1) is 34.9. The highest BCUT2D eigenvalue weighted by Crippen LogP contribution is 2.35. The van der Waals surface area contributed by atoms with Crippen molar-refractivity contribution in [3.8, 4) is 0 Å². The van der Waals surface area contributed by atoms with E-state index in [4.69, 9.17) is 15.0 Å². The van der Waals surface area contributed by atoms with Gasteiger partial charge in [0, 0.05) is 93.0 Å². The van der Waals surface area contributed by atoms with E-state index in [1.807, 2.05) is 30.5 Å². The minimum atomic E-state index is -0.299. The summed E-state index contributed by atoms with van der Waals surface area (Å²) >= 11 is 0. The summed E-state index contributed by atoms with van der Waals surface area (Å²) in [6.07, 6.45) is 13.1. The summed E-state index contributed by atoms with van der Waals surface area (Å²) < 4.78 is 2.13. The van der Waals surface area contributed by atoms with Gasteiger partial charge in [-0.05, 0) is 67.9 Å². The Morgan fingerprint density at radius 3 is 2.36 bits per heavy atom. The number of imide groups is 1. The van der Waals surface area contributed by atoms with E-state index in [0.29, 0.717) is 36.2 Å². The third kappa shape index (κ3) is 7.55. The number of hydrogen-bond acceptors (Lipinski definition) is 11. The van der Waals surface area contributed by atoms with Gasteiger partial charge in [-0.15, -0.1) is 0 Å². The number of piperazine rings is 1. The van der Waals surface area contributed by atoms with E-state index in [1.54, 1.807) is 31.4 Å². The Morgan fingerprint density at radius 1 is 0.887 bits per heavy atom. The van der Waals surface area contributed by atoms with Crippen molar-refractivity contribution in [2.24, 2.45) is 5.92 Å². The summed E-state index contributed by atoms with van der Waals surface area (Å²) in [5.41, 5.74) is 3.44. The lowest BCUT2D eigenvalue weighted by atomic mass is 9.91. The monoisotopic (exact) mass is 723 g/mol. The number of hydrogen-bond donors (Lipinski definition) is 2. The second kappa shape index (κ2) is 15.1. The molecule has 1 saturated carbocycles. The number of anilines is 4. The largest absolute Gasteiger partial charge is 0.368 e. The highest BCUT2D eigenvalue weighted by atomic mass is 16.2. The first-order valence-corrected chi connectivity index (χ1v) is 19.1. The molecule has 1 unspecified atom stereocenters. The molecule has 0 radical (unpaired) electrons. The van der Waals surface area contributed by atoms with Crippen molar-refractivity contribution >= 4 is 52.0 Å². The molecule has 0 bridgehead atoms. The molecule has 3 aliphatic heterocycles. The zero-order chi connectivity index (χ0) is 36.5. The van der Waals surface area contributed by atoms with Crippen molar-refractivity contribution in [1.82, 2.24) is 39.6 Å². The number of fused-ring (bicyclic) bond motifs is 1. The summed E-state index contributed by atoms with van der Waals surface area (Å²) in [5.74, 6) is 2.04. The van der Waals surface area contributed by atoms with Gasteiger partial charge in [0.15, 0.2) is 0 Å². The lowest BCUT2D eigenvalue weighted by Crippen LogP contribution is -2.49. The van der Waals surface area contributed by atoms with Crippen molar-refractivity contribution in [2.75, 3.05) is 75.0 Å². The third-order valence-electron chi connectivity index (χ3n) is 11.5. The molecule has 8 rings (SSSR count). The molecule has 53 heavy (non-hydrogen) atoms. The van der Waals surface area contributed by atoms with Crippen molar-refractivity contribution in [3.05, 3.63) is 60.2 Å². The fraction of sp³-hybridized carbons (Fsp3) is 0.513. The fourth-order valence-corrected chi connectivity index (χ4v) is 8.46. The standard InChI is InChI=1S/C39H49N11O3.2H2/c1-46(2)38(53)32-21-28-23-42-39(45-36(28)50(32)29-5-3-4-6-29)43-33-10-8-30(24-40-33)48-19-17-47(18-20-48)25-26-13-15-49(16-14-26)34-11-7-27(22-41-34)31-9-12-35(51)44-37(31)52;;/h7-8,10-11,21-24,26,29,31H,3-6,9,12-20,25H2,1-2H3,(H,44,51,52)(H,40,42,43,45);2*1H. The van der Waals surface area contributed by atoms with Gasteiger partial charge in [-0.1, -0.05) is 18.9 Å². The van der Waals surface area contributed by atoms with Crippen molar-refractivity contribution in [3.63, 3.8) is 0 Å². The Labute approximate surface area is 312 Å². The molecule has 3 saturated heterocycles. The van der Waals surface area contributed by atoms with E-state index in [-0.39, 0.29) is 32.5 Å². The molecular formula is C39H53N11O3. The second-order valence-corrected chi connectivity index (χ2v) is 15.2. The van der Waals surface area contributed by atoms with Gasteiger partial charge in [0.1, 0.15) is 23.0 Å². The number of piperidine rings is 2. The van der Waals surface area contributed by atoms with Crippen molar-refractivity contribution in [2.45, 2.75) is 63.3 Å². The van der Waals surface area contributed by atoms with E-state index >= 15 is 0 Å². The normalized spacial score (nSPS) is 20.6. The number of nitrogens with zero attached hydrogens (tertiary/aromatic N) is 9. The highest BCUT2D eigenvalue weighted by Gasteiger charge is 2.30.